The number of pyridine rings is 2. The quantitative estimate of drug-likeness (QED) is 0.890. The van der Waals surface area contributed by atoms with Crippen molar-refractivity contribution in [2.45, 2.75) is 0 Å². The van der Waals surface area contributed by atoms with Crippen molar-refractivity contribution in [1.29, 1.82) is 0 Å². The number of rotatable bonds is 2. The van der Waals surface area contributed by atoms with E-state index >= 15 is 0 Å². The second kappa shape index (κ2) is 5.78. The Morgan fingerprint density at radius 2 is 1.76 bits per heavy atom. The molecule has 6 nitrogen and oxygen atoms in total. The molecule has 1 aliphatic rings. The fourth-order valence-electron chi connectivity index (χ4n) is 2.40. The first-order valence-corrected chi connectivity index (χ1v) is 6.90. The zero-order valence-corrected chi connectivity index (χ0v) is 11.6. The van der Waals surface area contributed by atoms with Gasteiger partial charge in [-0.25, -0.2) is 4.98 Å². The fraction of sp³-hybridized carbons (Fsp3) is 0.267. The summed E-state index contributed by atoms with van der Waals surface area (Å²) in [6.07, 6.45) is 4.94. The highest BCUT2D eigenvalue weighted by Crippen LogP contribution is 2.15. The number of carbonyl (C=O) groups is 1. The number of amides is 1. The van der Waals surface area contributed by atoms with E-state index < -0.39 is 0 Å². The van der Waals surface area contributed by atoms with Crippen LogP contribution < -0.4 is 10.6 Å². The van der Waals surface area contributed by atoms with E-state index in [1.165, 1.54) is 0 Å². The number of hydrogen-bond donors (Lipinski definition) is 1. The fourth-order valence-corrected chi connectivity index (χ4v) is 2.40. The molecule has 0 aliphatic carbocycles. The van der Waals surface area contributed by atoms with Gasteiger partial charge in [0.1, 0.15) is 5.82 Å². The van der Waals surface area contributed by atoms with Gasteiger partial charge in [0.25, 0.3) is 5.91 Å². The van der Waals surface area contributed by atoms with Gasteiger partial charge < -0.3 is 15.5 Å². The van der Waals surface area contributed by atoms with Crippen molar-refractivity contribution in [2.24, 2.45) is 0 Å². The van der Waals surface area contributed by atoms with E-state index in [0.717, 1.165) is 18.9 Å². The van der Waals surface area contributed by atoms with E-state index in [4.69, 9.17) is 5.73 Å². The minimum absolute atomic E-state index is 0.0577. The van der Waals surface area contributed by atoms with Crippen LogP contribution in [0.3, 0.4) is 0 Å². The molecule has 0 bridgehead atoms. The molecule has 2 aromatic rings. The maximum atomic E-state index is 12.3. The maximum absolute atomic E-state index is 12.3. The van der Waals surface area contributed by atoms with Gasteiger partial charge in [-0.15, -0.1) is 0 Å². The number of anilines is 2. The SMILES string of the molecule is Nc1ccc(N2CCN(C(=O)c3ccncc3)CC2)nc1. The Kier molecular flexibility index (Phi) is 3.68. The van der Waals surface area contributed by atoms with Crippen LogP contribution in [0.25, 0.3) is 0 Å². The lowest BCUT2D eigenvalue weighted by Crippen LogP contribution is -2.49. The molecular formula is C15H17N5O. The average Bonchev–Trinajstić information content (AvgIpc) is 2.56. The number of aromatic nitrogens is 2. The highest BCUT2D eigenvalue weighted by Gasteiger charge is 2.22. The first kappa shape index (κ1) is 13.4. The van der Waals surface area contributed by atoms with E-state index in [1.807, 2.05) is 17.0 Å². The number of nitrogens with two attached hydrogens (primary N) is 1. The Hall–Kier alpha value is -2.63. The van der Waals surface area contributed by atoms with Gasteiger partial charge in [-0.05, 0) is 24.3 Å². The van der Waals surface area contributed by atoms with E-state index in [1.54, 1.807) is 30.7 Å². The number of carbonyl (C=O) groups excluding carboxylic acids is 1. The first-order chi connectivity index (χ1) is 10.2. The predicted molar refractivity (Wildman–Crippen MR) is 81.0 cm³/mol. The van der Waals surface area contributed by atoms with Crippen LogP contribution in [-0.4, -0.2) is 47.0 Å². The Morgan fingerprint density at radius 1 is 1.05 bits per heavy atom. The highest BCUT2D eigenvalue weighted by molar-refractivity contribution is 5.94. The summed E-state index contributed by atoms with van der Waals surface area (Å²) in [6.45, 7) is 2.92. The molecule has 2 N–H and O–H groups in total. The Balaban J connectivity index is 1.63. The molecule has 3 rings (SSSR count). The summed E-state index contributed by atoms with van der Waals surface area (Å²) in [7, 11) is 0. The molecule has 1 aliphatic heterocycles. The van der Waals surface area contributed by atoms with Gasteiger partial charge >= 0.3 is 0 Å². The molecule has 0 unspecified atom stereocenters. The van der Waals surface area contributed by atoms with Gasteiger partial charge in [0.2, 0.25) is 0 Å². The van der Waals surface area contributed by atoms with Crippen LogP contribution in [0, 0.1) is 0 Å². The van der Waals surface area contributed by atoms with E-state index in [2.05, 4.69) is 14.9 Å². The molecule has 2 aromatic heterocycles. The van der Waals surface area contributed by atoms with Gasteiger partial charge in [0.15, 0.2) is 0 Å². The van der Waals surface area contributed by atoms with Crippen molar-refractivity contribution >= 4 is 17.4 Å². The molecule has 0 aromatic carbocycles. The van der Waals surface area contributed by atoms with E-state index in [-0.39, 0.29) is 5.91 Å². The van der Waals surface area contributed by atoms with Crippen LogP contribution in [0.2, 0.25) is 0 Å². The summed E-state index contributed by atoms with van der Waals surface area (Å²) in [5.41, 5.74) is 6.99. The molecule has 108 valence electrons. The minimum Gasteiger partial charge on any atom is -0.397 e. The van der Waals surface area contributed by atoms with Crippen LogP contribution in [0.4, 0.5) is 11.5 Å². The van der Waals surface area contributed by atoms with Gasteiger partial charge in [0.05, 0.1) is 11.9 Å². The average molecular weight is 283 g/mol. The summed E-state index contributed by atoms with van der Waals surface area (Å²) in [6, 6.07) is 7.25. The zero-order chi connectivity index (χ0) is 14.7. The molecule has 1 saturated heterocycles. The third-order valence-electron chi connectivity index (χ3n) is 3.59. The molecule has 21 heavy (non-hydrogen) atoms. The van der Waals surface area contributed by atoms with Gasteiger partial charge in [-0.1, -0.05) is 0 Å². The zero-order valence-electron chi connectivity index (χ0n) is 11.6. The summed E-state index contributed by atoms with van der Waals surface area (Å²) in [5.74, 6) is 0.961. The lowest BCUT2D eigenvalue weighted by molar-refractivity contribution is 0.0746. The van der Waals surface area contributed by atoms with Crippen molar-refractivity contribution in [1.82, 2.24) is 14.9 Å². The van der Waals surface area contributed by atoms with Gasteiger partial charge in [0, 0.05) is 44.1 Å². The van der Waals surface area contributed by atoms with E-state index in [0.29, 0.717) is 24.3 Å². The second-order valence-corrected chi connectivity index (χ2v) is 4.96. The topological polar surface area (TPSA) is 75.3 Å². The molecule has 1 amide bonds. The van der Waals surface area contributed by atoms with Crippen LogP contribution in [0.15, 0.2) is 42.9 Å². The summed E-state index contributed by atoms with van der Waals surface area (Å²) in [4.78, 5) is 24.6. The Bertz CT molecular complexity index is 606. The predicted octanol–water partition coefficient (Wildman–Crippen LogP) is 1.02. The largest absolute Gasteiger partial charge is 0.397 e. The summed E-state index contributed by atoms with van der Waals surface area (Å²) < 4.78 is 0. The smallest absolute Gasteiger partial charge is 0.254 e. The normalized spacial score (nSPS) is 15.0. The molecule has 0 radical (unpaired) electrons. The highest BCUT2D eigenvalue weighted by atomic mass is 16.2. The monoisotopic (exact) mass is 283 g/mol. The van der Waals surface area contributed by atoms with Crippen LogP contribution in [-0.2, 0) is 0 Å². The van der Waals surface area contributed by atoms with Gasteiger partial charge in [-0.3, -0.25) is 9.78 Å². The van der Waals surface area contributed by atoms with Crippen molar-refractivity contribution in [3.05, 3.63) is 48.4 Å². The lowest BCUT2D eigenvalue weighted by Gasteiger charge is -2.35. The summed E-state index contributed by atoms with van der Waals surface area (Å²) in [5, 5.41) is 0. The van der Waals surface area contributed by atoms with Gasteiger partial charge in [-0.2, -0.15) is 0 Å². The second-order valence-electron chi connectivity index (χ2n) is 4.96. The van der Waals surface area contributed by atoms with Crippen molar-refractivity contribution in [2.75, 3.05) is 36.8 Å². The van der Waals surface area contributed by atoms with E-state index in [9.17, 15) is 4.79 Å². The van der Waals surface area contributed by atoms with Crippen LogP contribution in [0.5, 0.6) is 0 Å². The number of hydrogen-bond acceptors (Lipinski definition) is 5. The van der Waals surface area contributed by atoms with Crippen LogP contribution >= 0.6 is 0 Å². The molecule has 6 heteroatoms. The standard InChI is InChI=1S/C15H17N5O/c16-13-1-2-14(18-11-13)19-7-9-20(10-8-19)15(21)12-3-5-17-6-4-12/h1-6,11H,7-10,16H2. The molecular weight excluding hydrogens is 266 g/mol. The minimum atomic E-state index is 0.0577. The van der Waals surface area contributed by atoms with Crippen molar-refractivity contribution in [3.63, 3.8) is 0 Å². The summed E-state index contributed by atoms with van der Waals surface area (Å²) >= 11 is 0. The van der Waals surface area contributed by atoms with Crippen LogP contribution in [0.1, 0.15) is 10.4 Å². The molecule has 1 fully saturated rings. The molecule has 3 heterocycles. The number of nitrogens with zero attached hydrogens (tertiary/aromatic N) is 4. The number of nitrogen functional groups attached to an aromatic ring is 1. The maximum Gasteiger partial charge on any atom is 0.254 e. The molecule has 0 atom stereocenters. The molecule has 0 saturated carbocycles. The Morgan fingerprint density at radius 3 is 2.38 bits per heavy atom. The lowest BCUT2D eigenvalue weighted by atomic mass is 10.2. The van der Waals surface area contributed by atoms with Crippen molar-refractivity contribution < 1.29 is 4.79 Å². The number of piperazine rings is 1. The third-order valence-corrected chi connectivity index (χ3v) is 3.59. The molecule has 0 spiro atoms. The third kappa shape index (κ3) is 2.94. The van der Waals surface area contributed by atoms with Crippen molar-refractivity contribution in [3.8, 4) is 0 Å². The first-order valence-electron chi connectivity index (χ1n) is 6.90. The Labute approximate surface area is 123 Å².